The molecule has 0 radical (unpaired) electrons. The highest BCUT2D eigenvalue weighted by atomic mass is 35.5. The largest absolute Gasteiger partial charge is 0.494 e. The number of anilines is 1. The van der Waals surface area contributed by atoms with Gasteiger partial charge in [-0.2, -0.15) is 5.10 Å². The third-order valence-corrected chi connectivity index (χ3v) is 4.91. The SMILES string of the molecule is COc1ccc(-c2nn(-c3cc(Cl)ccc3OC)c3c2CCN3)cc1OC. The van der Waals surface area contributed by atoms with Crippen LogP contribution in [0, 0.1) is 0 Å². The maximum atomic E-state index is 6.22. The lowest BCUT2D eigenvalue weighted by atomic mass is 10.1. The second kappa shape index (κ2) is 7.04. The van der Waals surface area contributed by atoms with Crippen molar-refractivity contribution >= 4 is 17.4 Å². The van der Waals surface area contributed by atoms with Crippen LogP contribution in [-0.4, -0.2) is 37.7 Å². The number of aromatic nitrogens is 2. The minimum absolute atomic E-state index is 0.626. The number of rotatable bonds is 5. The second-order valence-corrected chi connectivity index (χ2v) is 6.59. The summed E-state index contributed by atoms with van der Waals surface area (Å²) in [5, 5.41) is 8.92. The summed E-state index contributed by atoms with van der Waals surface area (Å²) in [6, 6.07) is 11.3. The van der Waals surface area contributed by atoms with E-state index < -0.39 is 0 Å². The summed E-state index contributed by atoms with van der Waals surface area (Å²) in [4.78, 5) is 0. The van der Waals surface area contributed by atoms with Crippen molar-refractivity contribution in [3.05, 3.63) is 47.0 Å². The van der Waals surface area contributed by atoms with Gasteiger partial charge in [-0.1, -0.05) is 11.6 Å². The molecule has 3 aromatic rings. The molecule has 0 amide bonds. The molecule has 1 aliphatic heterocycles. The van der Waals surface area contributed by atoms with Gasteiger partial charge in [0.2, 0.25) is 0 Å². The molecular weight excluding hydrogens is 366 g/mol. The Kier molecular flexibility index (Phi) is 4.58. The number of hydrogen-bond donors (Lipinski definition) is 1. The summed E-state index contributed by atoms with van der Waals surface area (Å²) in [5.41, 5.74) is 3.82. The lowest BCUT2D eigenvalue weighted by Gasteiger charge is -2.11. The van der Waals surface area contributed by atoms with E-state index in [0.717, 1.165) is 41.3 Å². The van der Waals surface area contributed by atoms with Crippen molar-refractivity contribution in [2.75, 3.05) is 33.2 Å². The molecule has 0 bridgehead atoms. The Hall–Kier alpha value is -2.86. The first-order chi connectivity index (χ1) is 13.2. The summed E-state index contributed by atoms with van der Waals surface area (Å²) in [6.45, 7) is 0.857. The average molecular weight is 386 g/mol. The molecule has 2 heterocycles. The van der Waals surface area contributed by atoms with Crippen LogP contribution < -0.4 is 19.5 Å². The first-order valence-corrected chi connectivity index (χ1v) is 8.96. The first kappa shape index (κ1) is 17.5. The van der Waals surface area contributed by atoms with Crippen molar-refractivity contribution in [2.45, 2.75) is 6.42 Å². The molecule has 0 spiro atoms. The number of methoxy groups -OCH3 is 3. The summed E-state index contributed by atoms with van der Waals surface area (Å²) in [5.74, 6) is 3.02. The molecule has 140 valence electrons. The van der Waals surface area contributed by atoms with Gasteiger partial charge in [-0.15, -0.1) is 0 Å². The van der Waals surface area contributed by atoms with Crippen molar-refractivity contribution < 1.29 is 14.2 Å². The molecule has 4 rings (SSSR count). The molecular formula is C20H20ClN3O3. The van der Waals surface area contributed by atoms with E-state index in [1.807, 2.05) is 35.0 Å². The zero-order valence-corrected chi connectivity index (χ0v) is 16.1. The minimum atomic E-state index is 0.626. The van der Waals surface area contributed by atoms with Gasteiger partial charge in [-0.25, -0.2) is 4.68 Å². The van der Waals surface area contributed by atoms with Crippen molar-refractivity contribution in [1.29, 1.82) is 0 Å². The molecule has 0 fully saturated rings. The van der Waals surface area contributed by atoms with Gasteiger partial charge < -0.3 is 19.5 Å². The predicted octanol–water partition coefficient (Wildman–Crippen LogP) is 4.19. The molecule has 0 saturated heterocycles. The van der Waals surface area contributed by atoms with Gasteiger partial charge in [-0.3, -0.25) is 0 Å². The lowest BCUT2D eigenvalue weighted by molar-refractivity contribution is 0.355. The fourth-order valence-corrected chi connectivity index (χ4v) is 3.56. The van der Waals surface area contributed by atoms with Crippen LogP contribution in [0.4, 0.5) is 5.82 Å². The van der Waals surface area contributed by atoms with Gasteiger partial charge >= 0.3 is 0 Å². The Balaban J connectivity index is 1.89. The average Bonchev–Trinajstić information content (AvgIpc) is 3.30. The van der Waals surface area contributed by atoms with E-state index in [0.29, 0.717) is 22.3 Å². The molecule has 0 atom stereocenters. The van der Waals surface area contributed by atoms with Crippen molar-refractivity contribution in [2.24, 2.45) is 0 Å². The van der Waals surface area contributed by atoms with Crippen LogP contribution >= 0.6 is 11.6 Å². The van der Waals surface area contributed by atoms with Crippen LogP contribution in [-0.2, 0) is 6.42 Å². The Morgan fingerprint density at radius 3 is 2.44 bits per heavy atom. The van der Waals surface area contributed by atoms with Crippen LogP contribution in [0.2, 0.25) is 5.02 Å². The number of nitrogens with zero attached hydrogens (tertiary/aromatic N) is 2. The monoisotopic (exact) mass is 385 g/mol. The van der Waals surface area contributed by atoms with Gasteiger partial charge in [0.25, 0.3) is 0 Å². The fraction of sp³-hybridized carbons (Fsp3) is 0.250. The van der Waals surface area contributed by atoms with Gasteiger partial charge in [0.15, 0.2) is 11.5 Å². The molecule has 1 aromatic heterocycles. The zero-order chi connectivity index (χ0) is 19.0. The third-order valence-electron chi connectivity index (χ3n) is 4.68. The quantitative estimate of drug-likeness (QED) is 0.713. The molecule has 0 saturated carbocycles. The molecule has 6 nitrogen and oxygen atoms in total. The highest BCUT2D eigenvalue weighted by Crippen LogP contribution is 2.39. The van der Waals surface area contributed by atoms with E-state index in [9.17, 15) is 0 Å². The number of benzene rings is 2. The highest BCUT2D eigenvalue weighted by Gasteiger charge is 2.26. The summed E-state index contributed by atoms with van der Waals surface area (Å²) in [6.07, 6.45) is 0.891. The Labute approximate surface area is 162 Å². The number of fused-ring (bicyclic) bond motifs is 1. The Morgan fingerprint density at radius 2 is 1.70 bits per heavy atom. The van der Waals surface area contributed by atoms with Crippen LogP contribution in [0.5, 0.6) is 17.2 Å². The van der Waals surface area contributed by atoms with E-state index in [4.69, 9.17) is 30.9 Å². The standard InChI is InChI=1S/C20H20ClN3O3/c1-25-16-7-5-13(21)11-15(16)24-20-14(8-9-22-20)19(23-24)12-4-6-17(26-2)18(10-12)27-3/h4-7,10-11,22H,8-9H2,1-3H3. The highest BCUT2D eigenvalue weighted by molar-refractivity contribution is 6.30. The van der Waals surface area contributed by atoms with Crippen LogP contribution in [0.25, 0.3) is 16.9 Å². The smallest absolute Gasteiger partial charge is 0.161 e. The lowest BCUT2D eigenvalue weighted by Crippen LogP contribution is -2.06. The number of nitrogens with one attached hydrogen (secondary N) is 1. The van der Waals surface area contributed by atoms with Gasteiger partial charge in [0.05, 0.1) is 27.0 Å². The van der Waals surface area contributed by atoms with E-state index in [2.05, 4.69) is 5.32 Å². The van der Waals surface area contributed by atoms with Gasteiger partial charge in [0, 0.05) is 22.7 Å². The molecule has 27 heavy (non-hydrogen) atoms. The molecule has 0 aliphatic carbocycles. The number of halogens is 1. The first-order valence-electron chi connectivity index (χ1n) is 8.58. The fourth-order valence-electron chi connectivity index (χ4n) is 3.39. The van der Waals surface area contributed by atoms with Gasteiger partial charge in [0.1, 0.15) is 17.3 Å². The summed E-state index contributed by atoms with van der Waals surface area (Å²) < 4.78 is 18.2. The van der Waals surface area contributed by atoms with Crippen molar-refractivity contribution in [3.8, 4) is 34.2 Å². The maximum absolute atomic E-state index is 6.22. The van der Waals surface area contributed by atoms with Crippen molar-refractivity contribution in [1.82, 2.24) is 9.78 Å². The molecule has 0 unspecified atom stereocenters. The molecule has 1 aliphatic rings. The van der Waals surface area contributed by atoms with Crippen LogP contribution in [0.15, 0.2) is 36.4 Å². The van der Waals surface area contributed by atoms with E-state index in [1.165, 1.54) is 0 Å². The third kappa shape index (κ3) is 2.96. The Bertz CT molecular complexity index is 1000. The minimum Gasteiger partial charge on any atom is -0.494 e. The summed E-state index contributed by atoms with van der Waals surface area (Å²) >= 11 is 6.22. The molecule has 2 aromatic carbocycles. The zero-order valence-electron chi connectivity index (χ0n) is 15.4. The van der Waals surface area contributed by atoms with Gasteiger partial charge in [-0.05, 0) is 42.8 Å². The summed E-state index contributed by atoms with van der Waals surface area (Å²) in [7, 11) is 4.89. The van der Waals surface area contributed by atoms with Crippen LogP contribution in [0.1, 0.15) is 5.56 Å². The second-order valence-electron chi connectivity index (χ2n) is 6.15. The van der Waals surface area contributed by atoms with Crippen molar-refractivity contribution in [3.63, 3.8) is 0 Å². The maximum Gasteiger partial charge on any atom is 0.161 e. The van der Waals surface area contributed by atoms with E-state index in [-0.39, 0.29) is 0 Å². The predicted molar refractivity (Wildman–Crippen MR) is 106 cm³/mol. The number of ether oxygens (including phenoxy) is 3. The van der Waals surface area contributed by atoms with E-state index in [1.54, 1.807) is 27.4 Å². The number of hydrogen-bond acceptors (Lipinski definition) is 5. The molecule has 7 heteroatoms. The van der Waals surface area contributed by atoms with Crippen LogP contribution in [0.3, 0.4) is 0 Å². The topological polar surface area (TPSA) is 57.5 Å². The molecule has 1 N–H and O–H groups in total. The van der Waals surface area contributed by atoms with E-state index >= 15 is 0 Å². The normalized spacial score (nSPS) is 12.4. The Morgan fingerprint density at radius 1 is 0.963 bits per heavy atom.